The second-order valence-electron chi connectivity index (χ2n) is 3.42. The first-order valence-corrected chi connectivity index (χ1v) is 5.94. The molecule has 0 aliphatic carbocycles. The van der Waals surface area contributed by atoms with Crippen LogP contribution in [0.5, 0.6) is 0 Å². The van der Waals surface area contributed by atoms with Gasteiger partial charge in [-0.25, -0.2) is 4.98 Å². The summed E-state index contributed by atoms with van der Waals surface area (Å²) >= 11 is 1.67. The summed E-state index contributed by atoms with van der Waals surface area (Å²) in [5, 5.41) is 3.16. The van der Waals surface area contributed by atoms with Crippen molar-refractivity contribution in [2.75, 3.05) is 20.3 Å². The Hall–Kier alpha value is -0.710. The highest BCUT2D eigenvalue weighted by atomic mass is 32.1. The molecule has 0 saturated carbocycles. The van der Waals surface area contributed by atoms with Gasteiger partial charge in [0.1, 0.15) is 0 Å². The number of methoxy groups -OCH3 is 1. The molecule has 0 radical (unpaired) electrons. The number of hydrogen-bond donors (Lipinski definition) is 1. The van der Waals surface area contributed by atoms with Crippen LogP contribution >= 0.6 is 11.3 Å². The third-order valence-electron chi connectivity index (χ3n) is 2.02. The first-order valence-electron chi connectivity index (χ1n) is 5.07. The Balaban J connectivity index is 2.64. The summed E-state index contributed by atoms with van der Waals surface area (Å²) in [5.74, 6) is 0. The zero-order chi connectivity index (χ0) is 11.1. The molecule has 0 bridgehead atoms. The Morgan fingerprint density at radius 1 is 1.67 bits per heavy atom. The first kappa shape index (κ1) is 12.4. The number of nitrogens with zero attached hydrogens (tertiary/aromatic N) is 1. The number of rotatable bonds is 6. The summed E-state index contributed by atoms with van der Waals surface area (Å²) < 4.78 is 5.15. The predicted octanol–water partition coefficient (Wildman–Crippen LogP) is 2.22. The summed E-state index contributed by atoms with van der Waals surface area (Å²) in [6, 6.07) is 0. The molecule has 2 N–H and O–H groups in total. The smallest absolute Gasteiger partial charge is 0.0901 e. The van der Waals surface area contributed by atoms with Gasteiger partial charge in [0.2, 0.25) is 0 Å². The van der Waals surface area contributed by atoms with Gasteiger partial charge in [-0.3, -0.25) is 0 Å². The van der Waals surface area contributed by atoms with Crippen LogP contribution in [0.2, 0.25) is 0 Å². The maximum Gasteiger partial charge on any atom is 0.0901 e. The summed E-state index contributed by atoms with van der Waals surface area (Å²) in [4.78, 5) is 4.40. The van der Waals surface area contributed by atoms with E-state index in [0.717, 1.165) is 30.1 Å². The van der Waals surface area contributed by atoms with E-state index in [-0.39, 0.29) is 0 Å². The molecule has 0 unspecified atom stereocenters. The molecule has 0 aliphatic heterocycles. The molecule has 4 heteroatoms. The van der Waals surface area contributed by atoms with Crippen LogP contribution in [-0.2, 0) is 4.74 Å². The zero-order valence-electron chi connectivity index (χ0n) is 9.32. The second kappa shape index (κ2) is 6.71. The third-order valence-corrected chi connectivity index (χ3v) is 2.81. The van der Waals surface area contributed by atoms with Gasteiger partial charge in [-0.15, -0.1) is 11.3 Å². The minimum atomic E-state index is 0.663. The van der Waals surface area contributed by atoms with E-state index in [2.05, 4.69) is 16.4 Å². The third kappa shape index (κ3) is 4.55. The molecular formula is C11H18N2OS. The molecule has 0 spiro atoms. The lowest BCUT2D eigenvalue weighted by Crippen LogP contribution is -2.01. The van der Waals surface area contributed by atoms with E-state index in [1.807, 2.05) is 6.92 Å². The van der Waals surface area contributed by atoms with Crippen LogP contribution in [0.25, 0.3) is 6.08 Å². The van der Waals surface area contributed by atoms with Crippen molar-refractivity contribution in [3.63, 3.8) is 0 Å². The summed E-state index contributed by atoms with van der Waals surface area (Å²) in [6.45, 7) is 3.39. The van der Waals surface area contributed by atoms with Crippen molar-refractivity contribution in [2.24, 2.45) is 5.73 Å². The lowest BCUT2D eigenvalue weighted by Gasteiger charge is -2.04. The molecule has 1 heterocycles. The van der Waals surface area contributed by atoms with Crippen LogP contribution in [0.4, 0.5) is 0 Å². The molecule has 1 aromatic heterocycles. The van der Waals surface area contributed by atoms with Crippen molar-refractivity contribution in [2.45, 2.75) is 19.8 Å². The van der Waals surface area contributed by atoms with Gasteiger partial charge in [-0.05, 0) is 38.0 Å². The molecule has 15 heavy (non-hydrogen) atoms. The van der Waals surface area contributed by atoms with Crippen LogP contribution < -0.4 is 5.73 Å². The van der Waals surface area contributed by atoms with Crippen molar-refractivity contribution in [3.05, 3.63) is 21.7 Å². The fraction of sp³-hybridized carbons (Fsp3) is 0.545. The van der Waals surface area contributed by atoms with Gasteiger partial charge in [-0.1, -0.05) is 0 Å². The first-order chi connectivity index (χ1) is 7.26. The van der Waals surface area contributed by atoms with E-state index < -0.39 is 0 Å². The van der Waals surface area contributed by atoms with Crippen LogP contribution in [0.3, 0.4) is 0 Å². The molecule has 1 aromatic rings. The van der Waals surface area contributed by atoms with Crippen molar-refractivity contribution >= 4 is 17.4 Å². The second-order valence-corrected chi connectivity index (χ2v) is 4.48. The number of aryl methyl sites for hydroxylation is 1. The zero-order valence-corrected chi connectivity index (χ0v) is 10.1. The maximum atomic E-state index is 5.49. The van der Waals surface area contributed by atoms with Crippen molar-refractivity contribution < 1.29 is 4.74 Å². The molecule has 0 saturated heterocycles. The van der Waals surface area contributed by atoms with E-state index in [4.69, 9.17) is 10.5 Å². The molecule has 0 amide bonds. The van der Waals surface area contributed by atoms with Crippen LogP contribution in [0.15, 0.2) is 11.0 Å². The monoisotopic (exact) mass is 226 g/mol. The normalized spacial score (nSPS) is 12.1. The summed E-state index contributed by atoms with van der Waals surface area (Å²) in [7, 11) is 1.71. The number of aromatic nitrogens is 1. The number of thiazole rings is 1. The van der Waals surface area contributed by atoms with Gasteiger partial charge < -0.3 is 10.5 Å². The van der Waals surface area contributed by atoms with Crippen molar-refractivity contribution in [1.29, 1.82) is 0 Å². The van der Waals surface area contributed by atoms with Crippen LogP contribution in [0, 0.1) is 6.92 Å². The topological polar surface area (TPSA) is 48.1 Å². The highest BCUT2D eigenvalue weighted by Crippen LogP contribution is 2.14. The van der Waals surface area contributed by atoms with Crippen molar-refractivity contribution in [1.82, 2.24) is 4.98 Å². The predicted molar refractivity (Wildman–Crippen MR) is 65.0 cm³/mol. The summed E-state index contributed by atoms with van der Waals surface area (Å²) in [6.07, 6.45) is 4.09. The summed E-state index contributed by atoms with van der Waals surface area (Å²) in [5.41, 5.74) is 7.78. The highest BCUT2D eigenvalue weighted by Gasteiger charge is 2.00. The molecule has 0 fully saturated rings. The lowest BCUT2D eigenvalue weighted by molar-refractivity contribution is 0.223. The Labute approximate surface area is 95.0 Å². The molecule has 0 atom stereocenters. The van der Waals surface area contributed by atoms with E-state index >= 15 is 0 Å². The molecule has 0 aromatic carbocycles. The molecule has 84 valence electrons. The minimum Gasteiger partial charge on any atom is -0.380 e. The van der Waals surface area contributed by atoms with Crippen LogP contribution in [0.1, 0.15) is 23.5 Å². The van der Waals surface area contributed by atoms with E-state index in [0.29, 0.717) is 6.61 Å². The average molecular weight is 226 g/mol. The van der Waals surface area contributed by atoms with E-state index in [1.165, 1.54) is 5.57 Å². The highest BCUT2D eigenvalue weighted by molar-refractivity contribution is 7.09. The SMILES string of the molecule is COCC(=Cc1csc(C)n1)CCCN. The largest absolute Gasteiger partial charge is 0.380 e. The molecular weight excluding hydrogens is 208 g/mol. The minimum absolute atomic E-state index is 0.663. The Morgan fingerprint density at radius 3 is 3.00 bits per heavy atom. The van der Waals surface area contributed by atoms with Crippen molar-refractivity contribution in [3.8, 4) is 0 Å². The lowest BCUT2D eigenvalue weighted by atomic mass is 10.1. The van der Waals surface area contributed by atoms with Gasteiger partial charge >= 0.3 is 0 Å². The maximum absolute atomic E-state index is 5.49. The fourth-order valence-electron chi connectivity index (χ4n) is 1.36. The van der Waals surface area contributed by atoms with Gasteiger partial charge in [0.05, 0.1) is 17.3 Å². The Morgan fingerprint density at radius 2 is 2.47 bits per heavy atom. The van der Waals surface area contributed by atoms with Gasteiger partial charge in [0.25, 0.3) is 0 Å². The van der Waals surface area contributed by atoms with E-state index in [9.17, 15) is 0 Å². The van der Waals surface area contributed by atoms with Gasteiger partial charge in [-0.2, -0.15) is 0 Å². The van der Waals surface area contributed by atoms with Crippen LogP contribution in [-0.4, -0.2) is 25.2 Å². The molecule has 1 rings (SSSR count). The van der Waals surface area contributed by atoms with Gasteiger partial charge in [0.15, 0.2) is 0 Å². The molecule has 0 aliphatic rings. The van der Waals surface area contributed by atoms with E-state index in [1.54, 1.807) is 18.4 Å². The Bertz CT molecular complexity index is 320. The standard InChI is InChI=1S/C11H18N2OS/c1-9-13-11(8-15-9)6-10(7-14-2)4-3-5-12/h6,8H,3-5,7,12H2,1-2H3. The molecule has 3 nitrogen and oxygen atoms in total. The fourth-order valence-corrected chi connectivity index (χ4v) is 1.93. The average Bonchev–Trinajstić information content (AvgIpc) is 2.61. The number of nitrogens with two attached hydrogens (primary N) is 1. The Kier molecular flexibility index (Phi) is 5.53. The van der Waals surface area contributed by atoms with Gasteiger partial charge in [0, 0.05) is 12.5 Å². The quantitative estimate of drug-likeness (QED) is 0.809. The number of ether oxygens (including phenoxy) is 1. The number of hydrogen-bond acceptors (Lipinski definition) is 4.